The van der Waals surface area contributed by atoms with Gasteiger partial charge in [-0.05, 0) is 43.6 Å². The fourth-order valence-electron chi connectivity index (χ4n) is 4.04. The average molecular weight is 402 g/mol. The smallest absolute Gasteiger partial charge is 0.253 e. The molecule has 1 fully saturated rings. The van der Waals surface area contributed by atoms with Crippen LogP contribution in [0.25, 0.3) is 10.9 Å². The first-order chi connectivity index (χ1) is 13.7. The monoisotopic (exact) mass is 401 g/mol. The minimum absolute atomic E-state index is 0.0783. The molecule has 1 saturated carbocycles. The maximum absolute atomic E-state index is 12.8. The first-order valence-electron chi connectivity index (χ1n) is 10.2. The maximum atomic E-state index is 12.8. The summed E-state index contributed by atoms with van der Waals surface area (Å²) in [6.07, 6.45) is 6.98. The molecule has 2 aliphatic rings. The SMILES string of the molecule is CCCNC(=S)N(Cc1cc2cc3c(cc2[nH]c1=O)OCO3)C1CCCCC1. The molecular weight excluding hydrogens is 374 g/mol. The van der Waals surface area contributed by atoms with Crippen molar-refractivity contribution in [2.45, 2.75) is 58.0 Å². The number of thiocarbonyl (C=S) groups is 1. The van der Waals surface area contributed by atoms with E-state index in [1.807, 2.05) is 18.2 Å². The predicted octanol–water partition coefficient (Wildman–Crippen LogP) is 3.68. The fourth-order valence-corrected chi connectivity index (χ4v) is 4.35. The van der Waals surface area contributed by atoms with Crippen LogP contribution in [0.1, 0.15) is 51.0 Å². The molecule has 0 bridgehead atoms. The van der Waals surface area contributed by atoms with Crippen LogP contribution in [0.3, 0.4) is 0 Å². The van der Waals surface area contributed by atoms with Gasteiger partial charge in [-0.25, -0.2) is 0 Å². The molecule has 0 spiro atoms. The number of aromatic amines is 1. The Balaban J connectivity index is 1.64. The zero-order valence-corrected chi connectivity index (χ0v) is 17.1. The van der Waals surface area contributed by atoms with Crippen molar-refractivity contribution in [3.63, 3.8) is 0 Å². The van der Waals surface area contributed by atoms with Crippen LogP contribution in [0.5, 0.6) is 11.5 Å². The van der Waals surface area contributed by atoms with E-state index in [0.29, 0.717) is 18.3 Å². The number of nitrogens with zero attached hydrogens (tertiary/aromatic N) is 1. The quantitative estimate of drug-likeness (QED) is 0.745. The number of hydrogen-bond donors (Lipinski definition) is 2. The van der Waals surface area contributed by atoms with E-state index in [2.05, 4.69) is 22.1 Å². The number of aromatic nitrogens is 1. The van der Waals surface area contributed by atoms with Crippen molar-refractivity contribution in [1.82, 2.24) is 15.2 Å². The first kappa shape index (κ1) is 19.1. The normalized spacial score (nSPS) is 16.3. The molecule has 7 heteroatoms. The van der Waals surface area contributed by atoms with Crippen LogP contribution in [0.4, 0.5) is 0 Å². The summed E-state index contributed by atoms with van der Waals surface area (Å²) in [4.78, 5) is 18.0. The van der Waals surface area contributed by atoms with Gasteiger partial charge in [-0.1, -0.05) is 26.2 Å². The molecule has 150 valence electrons. The van der Waals surface area contributed by atoms with E-state index >= 15 is 0 Å². The molecule has 0 radical (unpaired) electrons. The molecule has 0 atom stereocenters. The Kier molecular flexibility index (Phi) is 5.71. The van der Waals surface area contributed by atoms with Gasteiger partial charge in [0.05, 0.1) is 12.1 Å². The lowest BCUT2D eigenvalue weighted by molar-refractivity contribution is 0.174. The van der Waals surface area contributed by atoms with E-state index in [-0.39, 0.29) is 12.4 Å². The third-order valence-electron chi connectivity index (χ3n) is 5.56. The highest BCUT2D eigenvalue weighted by atomic mass is 32.1. The van der Waals surface area contributed by atoms with Gasteiger partial charge in [-0.2, -0.15) is 0 Å². The minimum Gasteiger partial charge on any atom is -0.454 e. The van der Waals surface area contributed by atoms with Gasteiger partial charge in [0, 0.05) is 29.6 Å². The molecular formula is C21H27N3O3S. The third kappa shape index (κ3) is 3.94. The molecule has 4 rings (SSSR count). The summed E-state index contributed by atoms with van der Waals surface area (Å²) in [5.74, 6) is 1.39. The van der Waals surface area contributed by atoms with Gasteiger partial charge < -0.3 is 24.7 Å². The number of hydrogen-bond acceptors (Lipinski definition) is 4. The molecule has 6 nitrogen and oxygen atoms in total. The van der Waals surface area contributed by atoms with Crippen molar-refractivity contribution in [2.75, 3.05) is 13.3 Å². The number of benzene rings is 1. The number of ether oxygens (including phenoxy) is 2. The predicted molar refractivity (Wildman–Crippen MR) is 114 cm³/mol. The van der Waals surface area contributed by atoms with Gasteiger partial charge in [-0.3, -0.25) is 4.79 Å². The van der Waals surface area contributed by atoms with E-state index in [1.54, 1.807) is 0 Å². The average Bonchev–Trinajstić information content (AvgIpc) is 3.16. The molecule has 2 heterocycles. The number of H-pyrrole nitrogens is 1. The van der Waals surface area contributed by atoms with E-state index in [4.69, 9.17) is 21.7 Å². The summed E-state index contributed by atoms with van der Waals surface area (Å²) in [7, 11) is 0. The van der Waals surface area contributed by atoms with Gasteiger partial charge in [0.1, 0.15) is 0 Å². The van der Waals surface area contributed by atoms with E-state index in [9.17, 15) is 4.79 Å². The molecule has 0 amide bonds. The standard InChI is InChI=1S/C21H27N3O3S/c1-2-8-22-21(28)24(16-6-4-3-5-7-16)12-15-9-14-10-18-19(27-13-26-18)11-17(14)23-20(15)25/h9-11,16H,2-8,12-13H2,1H3,(H,22,28)(H,23,25). The highest BCUT2D eigenvalue weighted by molar-refractivity contribution is 7.80. The van der Waals surface area contributed by atoms with E-state index in [0.717, 1.165) is 53.1 Å². The Hall–Kier alpha value is -2.28. The molecule has 1 aliphatic heterocycles. The van der Waals surface area contributed by atoms with Crippen LogP contribution < -0.4 is 20.3 Å². The molecule has 1 aromatic carbocycles. The van der Waals surface area contributed by atoms with E-state index < -0.39 is 0 Å². The highest BCUT2D eigenvalue weighted by Crippen LogP contribution is 2.35. The highest BCUT2D eigenvalue weighted by Gasteiger charge is 2.24. The van der Waals surface area contributed by atoms with Crippen molar-refractivity contribution >= 4 is 28.2 Å². The van der Waals surface area contributed by atoms with Crippen molar-refractivity contribution in [1.29, 1.82) is 0 Å². The number of nitrogens with one attached hydrogen (secondary N) is 2. The Morgan fingerprint density at radius 2 is 1.96 bits per heavy atom. The van der Waals surface area contributed by atoms with Crippen molar-refractivity contribution in [3.05, 3.63) is 34.1 Å². The molecule has 2 aromatic rings. The largest absolute Gasteiger partial charge is 0.454 e. The zero-order valence-electron chi connectivity index (χ0n) is 16.3. The zero-order chi connectivity index (χ0) is 19.5. The van der Waals surface area contributed by atoms with Crippen LogP contribution in [0.2, 0.25) is 0 Å². The van der Waals surface area contributed by atoms with Crippen LogP contribution in [0, 0.1) is 0 Å². The molecule has 0 saturated heterocycles. The van der Waals surface area contributed by atoms with Gasteiger partial charge in [-0.15, -0.1) is 0 Å². The summed E-state index contributed by atoms with van der Waals surface area (Å²) in [6.45, 7) is 3.70. The van der Waals surface area contributed by atoms with Crippen LogP contribution in [-0.2, 0) is 6.54 Å². The molecule has 2 N–H and O–H groups in total. The summed E-state index contributed by atoms with van der Waals surface area (Å²) in [6, 6.07) is 6.09. The van der Waals surface area contributed by atoms with Gasteiger partial charge in [0.15, 0.2) is 16.6 Å². The lowest BCUT2D eigenvalue weighted by Gasteiger charge is -2.36. The first-order valence-corrected chi connectivity index (χ1v) is 10.6. The molecule has 1 aromatic heterocycles. The minimum atomic E-state index is -0.0783. The molecule has 1 aliphatic carbocycles. The second kappa shape index (κ2) is 8.39. The van der Waals surface area contributed by atoms with Crippen molar-refractivity contribution in [3.8, 4) is 11.5 Å². The third-order valence-corrected chi connectivity index (χ3v) is 5.94. The Labute approximate surface area is 170 Å². The Morgan fingerprint density at radius 3 is 2.71 bits per heavy atom. The van der Waals surface area contributed by atoms with Crippen molar-refractivity contribution < 1.29 is 9.47 Å². The molecule has 0 unspecified atom stereocenters. The fraction of sp³-hybridized carbons (Fsp3) is 0.524. The second-order valence-electron chi connectivity index (χ2n) is 7.57. The Morgan fingerprint density at radius 1 is 1.21 bits per heavy atom. The maximum Gasteiger partial charge on any atom is 0.253 e. The van der Waals surface area contributed by atoms with Gasteiger partial charge >= 0.3 is 0 Å². The molecule has 28 heavy (non-hydrogen) atoms. The number of fused-ring (bicyclic) bond motifs is 2. The van der Waals surface area contributed by atoms with E-state index in [1.165, 1.54) is 19.3 Å². The summed E-state index contributed by atoms with van der Waals surface area (Å²) < 4.78 is 10.9. The lowest BCUT2D eigenvalue weighted by atomic mass is 9.94. The van der Waals surface area contributed by atoms with Crippen LogP contribution >= 0.6 is 12.2 Å². The Bertz CT molecular complexity index is 921. The van der Waals surface area contributed by atoms with Gasteiger partial charge in [0.2, 0.25) is 6.79 Å². The van der Waals surface area contributed by atoms with Crippen molar-refractivity contribution in [2.24, 2.45) is 0 Å². The topological polar surface area (TPSA) is 66.6 Å². The van der Waals surface area contributed by atoms with Crippen LogP contribution in [0.15, 0.2) is 23.0 Å². The lowest BCUT2D eigenvalue weighted by Crippen LogP contribution is -2.47. The van der Waals surface area contributed by atoms with Gasteiger partial charge in [0.25, 0.3) is 5.56 Å². The van der Waals surface area contributed by atoms with Crippen LogP contribution in [-0.4, -0.2) is 34.4 Å². The second-order valence-corrected chi connectivity index (χ2v) is 7.95. The summed E-state index contributed by atoms with van der Waals surface area (Å²) >= 11 is 5.69. The number of rotatable bonds is 5. The number of pyridine rings is 1. The summed E-state index contributed by atoms with van der Waals surface area (Å²) in [5.41, 5.74) is 1.40. The summed E-state index contributed by atoms with van der Waals surface area (Å²) in [5, 5.41) is 5.04.